The van der Waals surface area contributed by atoms with Crippen LogP contribution in [0, 0.1) is 13.8 Å². The van der Waals surface area contributed by atoms with Gasteiger partial charge >= 0.3 is 5.97 Å². The van der Waals surface area contributed by atoms with E-state index in [2.05, 4.69) is 0 Å². The lowest BCUT2D eigenvalue weighted by molar-refractivity contribution is -0.144. The number of hydrogen-bond donors (Lipinski definition) is 1. The average Bonchev–Trinajstić information content (AvgIpc) is 2.76. The van der Waals surface area contributed by atoms with Crippen molar-refractivity contribution in [2.45, 2.75) is 38.8 Å². The first-order valence-corrected chi connectivity index (χ1v) is 7.08. The van der Waals surface area contributed by atoms with Gasteiger partial charge in [0.05, 0.1) is 5.56 Å². The Balaban J connectivity index is 2.23. The number of piperidine rings is 1. The number of amides is 1. The second-order valence-electron chi connectivity index (χ2n) is 5.82. The van der Waals surface area contributed by atoms with Crippen molar-refractivity contribution < 1.29 is 19.1 Å². The van der Waals surface area contributed by atoms with E-state index < -0.39 is 12.0 Å². The Morgan fingerprint density at radius 2 is 2.05 bits per heavy atom. The van der Waals surface area contributed by atoms with E-state index in [1.165, 1.54) is 4.90 Å². The van der Waals surface area contributed by atoms with Crippen LogP contribution in [-0.4, -0.2) is 59.5 Å². The highest BCUT2D eigenvalue weighted by molar-refractivity contribution is 5.97. The fourth-order valence-corrected chi connectivity index (χ4v) is 2.89. The van der Waals surface area contributed by atoms with Gasteiger partial charge in [0.25, 0.3) is 5.91 Å². The van der Waals surface area contributed by atoms with Crippen molar-refractivity contribution in [1.29, 1.82) is 0 Å². The van der Waals surface area contributed by atoms with Crippen molar-refractivity contribution in [3.05, 3.63) is 23.2 Å². The fraction of sp³-hybridized carbons (Fsp3) is 0.600. The molecule has 2 heterocycles. The number of likely N-dealkylation sites (tertiary alicyclic amines) is 1. The van der Waals surface area contributed by atoms with Crippen LogP contribution in [-0.2, 0) is 4.79 Å². The topological polar surface area (TPSA) is 74.0 Å². The zero-order chi connectivity index (χ0) is 15.7. The molecule has 0 unspecified atom stereocenters. The molecule has 1 aliphatic rings. The van der Waals surface area contributed by atoms with E-state index in [1.54, 1.807) is 19.9 Å². The minimum Gasteiger partial charge on any atom is -0.480 e. The molecule has 0 bridgehead atoms. The van der Waals surface area contributed by atoms with Gasteiger partial charge in [-0.1, -0.05) is 0 Å². The zero-order valence-electron chi connectivity index (χ0n) is 12.9. The Hall–Kier alpha value is -1.82. The monoisotopic (exact) mass is 294 g/mol. The molecule has 6 nitrogen and oxygen atoms in total. The van der Waals surface area contributed by atoms with Crippen molar-refractivity contribution in [2.75, 3.05) is 20.6 Å². The highest BCUT2D eigenvalue weighted by Crippen LogP contribution is 2.25. The summed E-state index contributed by atoms with van der Waals surface area (Å²) in [6, 6.07) is 1.07. The standard InChI is InChI=1S/C15H22N2O4/c1-9-7-12(10(2)21-9)14(18)17-6-5-11(16(3)4)8-13(17)15(19)20/h7,11,13H,5-6,8H2,1-4H3,(H,19,20)/t11-,13+/m0/s1. The first-order valence-electron chi connectivity index (χ1n) is 7.08. The summed E-state index contributed by atoms with van der Waals surface area (Å²) in [6.45, 7) is 3.95. The molecule has 1 aromatic rings. The predicted octanol–water partition coefficient (Wildman–Crippen LogP) is 1.52. The minimum absolute atomic E-state index is 0.183. The van der Waals surface area contributed by atoms with E-state index in [1.807, 2.05) is 19.0 Å². The summed E-state index contributed by atoms with van der Waals surface area (Å²) in [5.41, 5.74) is 0.460. The van der Waals surface area contributed by atoms with Crippen molar-refractivity contribution in [3.8, 4) is 0 Å². The molecule has 2 atom stereocenters. The molecule has 6 heteroatoms. The van der Waals surface area contributed by atoms with E-state index in [-0.39, 0.29) is 11.9 Å². The van der Waals surface area contributed by atoms with Gasteiger partial charge in [-0.05, 0) is 46.9 Å². The maximum Gasteiger partial charge on any atom is 0.326 e. The molecule has 2 rings (SSSR count). The molecule has 1 amide bonds. The molecule has 0 spiro atoms. The third-order valence-electron chi connectivity index (χ3n) is 4.12. The Labute approximate surface area is 124 Å². The number of furan rings is 1. The first kappa shape index (κ1) is 15.6. The fourth-order valence-electron chi connectivity index (χ4n) is 2.89. The Morgan fingerprint density at radius 3 is 2.52 bits per heavy atom. The Kier molecular flexibility index (Phi) is 4.37. The number of carbonyl (C=O) groups excluding carboxylic acids is 1. The molecule has 21 heavy (non-hydrogen) atoms. The van der Waals surface area contributed by atoms with Crippen molar-refractivity contribution in [2.24, 2.45) is 0 Å². The van der Waals surface area contributed by atoms with Crippen LogP contribution < -0.4 is 0 Å². The van der Waals surface area contributed by atoms with Crippen LogP contribution in [0.4, 0.5) is 0 Å². The molecule has 1 N–H and O–H groups in total. The lowest BCUT2D eigenvalue weighted by Gasteiger charge is -2.39. The molecule has 1 aromatic heterocycles. The second kappa shape index (κ2) is 5.89. The molecule has 0 aliphatic carbocycles. The van der Waals surface area contributed by atoms with Gasteiger partial charge in [-0.15, -0.1) is 0 Å². The third kappa shape index (κ3) is 3.10. The number of carbonyl (C=O) groups is 2. The van der Waals surface area contributed by atoms with E-state index in [4.69, 9.17) is 4.42 Å². The van der Waals surface area contributed by atoms with Crippen LogP contribution in [0.1, 0.15) is 34.7 Å². The SMILES string of the molecule is Cc1cc(C(=O)N2CC[C@H](N(C)C)C[C@@H]2C(=O)O)c(C)o1. The highest BCUT2D eigenvalue weighted by atomic mass is 16.4. The molecule has 0 radical (unpaired) electrons. The van der Waals surface area contributed by atoms with Crippen LogP contribution in [0.2, 0.25) is 0 Å². The number of aliphatic carboxylic acids is 1. The first-order chi connectivity index (χ1) is 9.81. The summed E-state index contributed by atoms with van der Waals surface area (Å²) in [5.74, 6) is -0.0102. The van der Waals surface area contributed by atoms with Crippen LogP contribution in [0.5, 0.6) is 0 Å². The average molecular weight is 294 g/mol. The molecular weight excluding hydrogens is 272 g/mol. The van der Waals surface area contributed by atoms with Crippen molar-refractivity contribution >= 4 is 11.9 Å². The molecule has 1 fully saturated rings. The normalized spacial score (nSPS) is 22.6. The number of aryl methyl sites for hydroxylation is 2. The number of hydrogen-bond acceptors (Lipinski definition) is 4. The quantitative estimate of drug-likeness (QED) is 0.915. The molecule has 0 aromatic carbocycles. The van der Waals surface area contributed by atoms with Gasteiger partial charge in [-0.3, -0.25) is 4.79 Å². The largest absolute Gasteiger partial charge is 0.480 e. The molecule has 1 saturated heterocycles. The van der Waals surface area contributed by atoms with E-state index in [0.717, 1.165) is 6.42 Å². The molecular formula is C15H22N2O4. The summed E-state index contributed by atoms with van der Waals surface area (Å²) in [6.07, 6.45) is 1.22. The van der Waals surface area contributed by atoms with Gasteiger partial charge in [0.2, 0.25) is 0 Å². The summed E-state index contributed by atoms with van der Waals surface area (Å²) in [5, 5.41) is 9.44. The van der Waals surface area contributed by atoms with E-state index in [0.29, 0.717) is 30.0 Å². The molecule has 0 saturated carbocycles. The summed E-state index contributed by atoms with van der Waals surface area (Å²) in [7, 11) is 3.87. The van der Waals surface area contributed by atoms with Crippen LogP contribution >= 0.6 is 0 Å². The summed E-state index contributed by atoms with van der Waals surface area (Å²) < 4.78 is 5.38. The number of carboxylic acid groups (broad SMARTS) is 1. The van der Waals surface area contributed by atoms with Crippen LogP contribution in [0.3, 0.4) is 0 Å². The van der Waals surface area contributed by atoms with Gasteiger partial charge in [0, 0.05) is 12.6 Å². The lowest BCUT2D eigenvalue weighted by atomic mass is 9.95. The molecule has 116 valence electrons. The van der Waals surface area contributed by atoms with Crippen molar-refractivity contribution in [1.82, 2.24) is 9.80 Å². The lowest BCUT2D eigenvalue weighted by Crippen LogP contribution is -2.53. The second-order valence-corrected chi connectivity index (χ2v) is 5.82. The van der Waals surface area contributed by atoms with Crippen LogP contribution in [0.25, 0.3) is 0 Å². The van der Waals surface area contributed by atoms with Crippen LogP contribution in [0.15, 0.2) is 10.5 Å². The predicted molar refractivity (Wildman–Crippen MR) is 77.4 cm³/mol. The van der Waals surface area contributed by atoms with E-state index in [9.17, 15) is 14.7 Å². The van der Waals surface area contributed by atoms with Crippen molar-refractivity contribution in [3.63, 3.8) is 0 Å². The number of rotatable bonds is 3. The summed E-state index contributed by atoms with van der Waals surface area (Å²) in [4.78, 5) is 27.6. The minimum atomic E-state index is -0.951. The van der Waals surface area contributed by atoms with Gasteiger partial charge < -0.3 is 19.3 Å². The van der Waals surface area contributed by atoms with Gasteiger partial charge in [0.15, 0.2) is 0 Å². The van der Waals surface area contributed by atoms with E-state index >= 15 is 0 Å². The highest BCUT2D eigenvalue weighted by Gasteiger charge is 2.38. The zero-order valence-corrected chi connectivity index (χ0v) is 12.9. The van der Waals surface area contributed by atoms with Gasteiger partial charge in [-0.25, -0.2) is 4.79 Å². The number of carboxylic acids is 1. The Bertz CT molecular complexity index is 550. The van der Waals surface area contributed by atoms with Gasteiger partial charge in [0.1, 0.15) is 17.6 Å². The third-order valence-corrected chi connectivity index (χ3v) is 4.12. The smallest absolute Gasteiger partial charge is 0.326 e. The van der Waals surface area contributed by atoms with Gasteiger partial charge in [-0.2, -0.15) is 0 Å². The summed E-state index contributed by atoms with van der Waals surface area (Å²) >= 11 is 0. The maximum absolute atomic E-state index is 12.6. The maximum atomic E-state index is 12.6. The number of nitrogens with zero attached hydrogens (tertiary/aromatic N) is 2. The Morgan fingerprint density at radius 1 is 1.38 bits per heavy atom. The molecule has 1 aliphatic heterocycles.